The first-order valence-electron chi connectivity index (χ1n) is 9.35. The highest BCUT2D eigenvalue weighted by molar-refractivity contribution is 5.77. The van der Waals surface area contributed by atoms with E-state index in [1.165, 1.54) is 29.7 Å². The monoisotopic (exact) mass is 316 g/mol. The summed E-state index contributed by atoms with van der Waals surface area (Å²) in [6.07, 6.45) is 7.32. The fourth-order valence-electron chi connectivity index (χ4n) is 3.66. The number of para-hydroxylation sites is 1. The van der Waals surface area contributed by atoms with Crippen LogP contribution in [0, 0.1) is 0 Å². The molecule has 0 saturated carbocycles. The molecule has 2 rings (SSSR count). The van der Waals surface area contributed by atoms with Gasteiger partial charge >= 0.3 is 0 Å². The smallest absolute Gasteiger partial charge is 0.224 e. The normalized spacial score (nSPS) is 18.0. The Hall–Kier alpha value is -1.51. The van der Waals surface area contributed by atoms with Crippen LogP contribution < -0.4 is 5.32 Å². The first-order chi connectivity index (χ1) is 11.2. The molecule has 0 bridgehead atoms. The SMILES string of the molecule is CCc1cccc(CC)c1NCCC(=O)N1CCCCC1CC. The number of anilines is 1. The lowest BCUT2D eigenvalue weighted by Gasteiger charge is -2.35. The second-order valence-electron chi connectivity index (χ2n) is 6.48. The third-order valence-electron chi connectivity index (χ3n) is 5.06. The van der Waals surface area contributed by atoms with Gasteiger partial charge in [-0.25, -0.2) is 0 Å². The average molecular weight is 316 g/mol. The minimum atomic E-state index is 0.316. The van der Waals surface area contributed by atoms with E-state index in [0.717, 1.165) is 38.8 Å². The van der Waals surface area contributed by atoms with Crippen molar-refractivity contribution >= 4 is 11.6 Å². The van der Waals surface area contributed by atoms with Crippen molar-refractivity contribution in [3.8, 4) is 0 Å². The summed E-state index contributed by atoms with van der Waals surface area (Å²) in [5, 5.41) is 3.54. The van der Waals surface area contributed by atoms with Crippen LogP contribution in [0.4, 0.5) is 5.69 Å². The van der Waals surface area contributed by atoms with Gasteiger partial charge in [0, 0.05) is 31.2 Å². The van der Waals surface area contributed by atoms with Gasteiger partial charge in [0.1, 0.15) is 0 Å². The number of carbonyl (C=O) groups excluding carboxylic acids is 1. The molecule has 3 nitrogen and oxygen atoms in total. The van der Waals surface area contributed by atoms with E-state index in [1.807, 2.05) is 0 Å². The molecular formula is C20H32N2O. The van der Waals surface area contributed by atoms with Crippen LogP contribution in [0.1, 0.15) is 64.0 Å². The lowest BCUT2D eigenvalue weighted by molar-refractivity contribution is -0.134. The third kappa shape index (κ3) is 4.49. The number of rotatable bonds is 7. The predicted molar refractivity (Wildman–Crippen MR) is 97.9 cm³/mol. The first kappa shape index (κ1) is 17.8. The van der Waals surface area contributed by atoms with Crippen molar-refractivity contribution < 1.29 is 4.79 Å². The van der Waals surface area contributed by atoms with E-state index in [-0.39, 0.29) is 0 Å². The molecule has 23 heavy (non-hydrogen) atoms. The summed E-state index contributed by atoms with van der Waals surface area (Å²) in [6.45, 7) is 8.24. The zero-order valence-electron chi connectivity index (χ0n) is 15.0. The van der Waals surface area contributed by atoms with Crippen LogP contribution in [0.3, 0.4) is 0 Å². The van der Waals surface area contributed by atoms with Crippen LogP contribution in [0.5, 0.6) is 0 Å². The van der Waals surface area contributed by atoms with E-state index < -0.39 is 0 Å². The van der Waals surface area contributed by atoms with Crippen LogP contribution >= 0.6 is 0 Å². The molecule has 3 heteroatoms. The minimum Gasteiger partial charge on any atom is -0.384 e. The summed E-state index contributed by atoms with van der Waals surface area (Å²) in [5.74, 6) is 0.316. The van der Waals surface area contributed by atoms with Gasteiger partial charge in [0.15, 0.2) is 0 Å². The first-order valence-corrected chi connectivity index (χ1v) is 9.35. The Morgan fingerprint density at radius 2 is 1.87 bits per heavy atom. The minimum absolute atomic E-state index is 0.316. The van der Waals surface area contributed by atoms with Crippen molar-refractivity contribution in [2.24, 2.45) is 0 Å². The quantitative estimate of drug-likeness (QED) is 0.808. The Balaban J connectivity index is 1.93. The molecule has 1 aliphatic heterocycles. The summed E-state index contributed by atoms with van der Waals surface area (Å²) in [7, 11) is 0. The third-order valence-corrected chi connectivity index (χ3v) is 5.06. The number of amides is 1. The maximum atomic E-state index is 12.6. The number of hydrogen-bond donors (Lipinski definition) is 1. The van der Waals surface area contributed by atoms with Gasteiger partial charge in [0.2, 0.25) is 5.91 Å². The second-order valence-corrected chi connectivity index (χ2v) is 6.48. The van der Waals surface area contributed by atoms with Gasteiger partial charge in [-0.15, -0.1) is 0 Å². The Morgan fingerprint density at radius 1 is 1.17 bits per heavy atom. The molecule has 128 valence electrons. The van der Waals surface area contributed by atoms with E-state index in [1.54, 1.807) is 0 Å². The van der Waals surface area contributed by atoms with Crippen molar-refractivity contribution in [3.05, 3.63) is 29.3 Å². The number of likely N-dealkylation sites (tertiary alicyclic amines) is 1. The number of hydrogen-bond acceptors (Lipinski definition) is 2. The van der Waals surface area contributed by atoms with E-state index >= 15 is 0 Å². The molecule has 1 amide bonds. The molecule has 1 saturated heterocycles. The van der Waals surface area contributed by atoms with Gasteiger partial charge in [0.05, 0.1) is 0 Å². The maximum absolute atomic E-state index is 12.6. The number of benzene rings is 1. The summed E-state index contributed by atoms with van der Waals surface area (Å²) in [6, 6.07) is 6.96. The maximum Gasteiger partial charge on any atom is 0.224 e. The number of aryl methyl sites for hydroxylation is 2. The molecule has 1 atom stereocenters. The van der Waals surface area contributed by atoms with Crippen molar-refractivity contribution in [2.45, 2.75) is 71.8 Å². The molecule has 1 fully saturated rings. The molecule has 0 radical (unpaired) electrons. The molecule has 1 heterocycles. The predicted octanol–water partition coefficient (Wildman–Crippen LogP) is 4.40. The summed E-state index contributed by atoms with van der Waals surface area (Å²) in [4.78, 5) is 14.7. The highest BCUT2D eigenvalue weighted by atomic mass is 16.2. The van der Waals surface area contributed by atoms with Crippen LogP contribution in [0.25, 0.3) is 0 Å². The summed E-state index contributed by atoms with van der Waals surface area (Å²) < 4.78 is 0. The average Bonchev–Trinajstić information content (AvgIpc) is 2.61. The molecule has 1 aromatic rings. The molecule has 0 aromatic heterocycles. The van der Waals surface area contributed by atoms with Crippen LogP contribution in [0.2, 0.25) is 0 Å². The van der Waals surface area contributed by atoms with Gasteiger partial charge in [-0.2, -0.15) is 0 Å². The van der Waals surface area contributed by atoms with Gasteiger partial charge in [-0.1, -0.05) is 39.0 Å². The molecule has 1 aliphatic rings. The highest BCUT2D eigenvalue weighted by Crippen LogP contribution is 2.23. The fraction of sp³-hybridized carbons (Fsp3) is 0.650. The Bertz CT molecular complexity index is 490. The van der Waals surface area contributed by atoms with Crippen molar-refractivity contribution in [2.75, 3.05) is 18.4 Å². The standard InChI is InChI=1S/C20H32N2O/c1-4-16-10-9-11-17(5-2)20(16)21-14-13-19(23)22-15-8-7-12-18(22)6-3/h9-11,18,21H,4-8,12-15H2,1-3H3. The van der Waals surface area contributed by atoms with Gasteiger partial charge in [-0.05, 0) is 49.7 Å². The second kappa shape index (κ2) is 8.95. The molecule has 0 spiro atoms. The van der Waals surface area contributed by atoms with E-state index in [0.29, 0.717) is 18.4 Å². The number of piperidine rings is 1. The fourth-order valence-corrected chi connectivity index (χ4v) is 3.66. The lowest BCUT2D eigenvalue weighted by Crippen LogP contribution is -2.43. The Morgan fingerprint density at radius 3 is 2.48 bits per heavy atom. The molecule has 1 unspecified atom stereocenters. The highest BCUT2D eigenvalue weighted by Gasteiger charge is 2.24. The molecule has 1 aromatic carbocycles. The van der Waals surface area contributed by atoms with Crippen LogP contribution in [0.15, 0.2) is 18.2 Å². The van der Waals surface area contributed by atoms with Gasteiger partial charge in [0.25, 0.3) is 0 Å². The van der Waals surface area contributed by atoms with Gasteiger partial charge in [-0.3, -0.25) is 4.79 Å². The molecule has 0 aliphatic carbocycles. The zero-order chi connectivity index (χ0) is 16.7. The lowest BCUT2D eigenvalue weighted by atomic mass is 9.99. The van der Waals surface area contributed by atoms with Gasteiger partial charge < -0.3 is 10.2 Å². The number of nitrogens with one attached hydrogen (secondary N) is 1. The Labute approximate surface area is 141 Å². The topological polar surface area (TPSA) is 32.3 Å². The van der Waals surface area contributed by atoms with Crippen molar-refractivity contribution in [1.82, 2.24) is 4.90 Å². The molecule has 1 N–H and O–H groups in total. The van der Waals surface area contributed by atoms with E-state index in [2.05, 4.69) is 49.2 Å². The summed E-state index contributed by atoms with van der Waals surface area (Å²) >= 11 is 0. The number of nitrogens with zero attached hydrogens (tertiary/aromatic N) is 1. The van der Waals surface area contributed by atoms with Crippen LogP contribution in [-0.4, -0.2) is 29.9 Å². The van der Waals surface area contributed by atoms with Crippen LogP contribution in [-0.2, 0) is 17.6 Å². The van der Waals surface area contributed by atoms with E-state index in [4.69, 9.17) is 0 Å². The van der Waals surface area contributed by atoms with Crippen molar-refractivity contribution in [3.63, 3.8) is 0 Å². The van der Waals surface area contributed by atoms with Crippen molar-refractivity contribution in [1.29, 1.82) is 0 Å². The number of carbonyl (C=O) groups is 1. The Kier molecular flexibility index (Phi) is 6.94. The van der Waals surface area contributed by atoms with E-state index in [9.17, 15) is 4.79 Å². The largest absolute Gasteiger partial charge is 0.384 e. The summed E-state index contributed by atoms with van der Waals surface area (Å²) in [5.41, 5.74) is 3.94. The zero-order valence-corrected chi connectivity index (χ0v) is 15.0. The molecular weight excluding hydrogens is 284 g/mol.